The first-order valence-electron chi connectivity index (χ1n) is 5.20. The van der Waals surface area contributed by atoms with E-state index in [-0.39, 0.29) is 18.2 Å². The third kappa shape index (κ3) is 9.09. The Hall–Kier alpha value is -1.48. The number of hydrogen-bond acceptors (Lipinski definition) is 3. The van der Waals surface area contributed by atoms with Crippen molar-refractivity contribution in [2.24, 2.45) is 0 Å². The van der Waals surface area contributed by atoms with Gasteiger partial charge in [0, 0.05) is 19.4 Å². The van der Waals surface area contributed by atoms with Crippen LogP contribution in [0, 0.1) is 0 Å². The van der Waals surface area contributed by atoms with Crippen LogP contribution in [0.4, 0.5) is 0 Å². The zero-order valence-electron chi connectivity index (χ0n) is 9.77. The molecule has 0 bridgehead atoms. The monoisotopic (exact) mass is 222 g/mol. The standard InChI is InChI=1S/C9H10O.C4H8O2/c1-8(10)7-9-5-3-2-4-6-9;1-4(6)2-3-5/h2-6H,7H2,1H3;5H,2-3H2,1H3. The summed E-state index contributed by atoms with van der Waals surface area (Å²) in [6, 6.07) is 9.75. The van der Waals surface area contributed by atoms with Crippen molar-refractivity contribution in [1.82, 2.24) is 0 Å². The SMILES string of the molecule is CC(=O)CCO.CC(=O)Cc1ccccc1. The molecule has 0 spiro atoms. The highest BCUT2D eigenvalue weighted by molar-refractivity contribution is 5.78. The van der Waals surface area contributed by atoms with E-state index in [1.165, 1.54) is 6.92 Å². The van der Waals surface area contributed by atoms with Crippen molar-refractivity contribution in [3.8, 4) is 0 Å². The predicted molar refractivity (Wildman–Crippen MR) is 63.2 cm³/mol. The van der Waals surface area contributed by atoms with E-state index in [0.717, 1.165) is 5.56 Å². The number of ketones is 2. The number of carbonyl (C=O) groups is 2. The second kappa shape index (κ2) is 8.80. The van der Waals surface area contributed by atoms with Gasteiger partial charge in [0.15, 0.2) is 0 Å². The van der Waals surface area contributed by atoms with E-state index in [9.17, 15) is 9.59 Å². The lowest BCUT2D eigenvalue weighted by Gasteiger charge is -1.93. The van der Waals surface area contributed by atoms with Crippen molar-refractivity contribution < 1.29 is 14.7 Å². The Labute approximate surface area is 96.1 Å². The minimum Gasteiger partial charge on any atom is -0.396 e. The van der Waals surface area contributed by atoms with Gasteiger partial charge in [0.2, 0.25) is 0 Å². The maximum atomic E-state index is 10.6. The van der Waals surface area contributed by atoms with Gasteiger partial charge in [-0.2, -0.15) is 0 Å². The molecule has 0 aliphatic rings. The fourth-order valence-corrected chi connectivity index (χ4v) is 1.04. The summed E-state index contributed by atoms with van der Waals surface area (Å²) in [5.74, 6) is 0.253. The van der Waals surface area contributed by atoms with Crippen LogP contribution in [0.3, 0.4) is 0 Å². The fraction of sp³-hybridized carbons (Fsp3) is 0.385. The molecular weight excluding hydrogens is 204 g/mol. The van der Waals surface area contributed by atoms with Crippen LogP contribution in [-0.4, -0.2) is 23.3 Å². The van der Waals surface area contributed by atoms with Gasteiger partial charge in [0.25, 0.3) is 0 Å². The zero-order valence-corrected chi connectivity index (χ0v) is 9.77. The summed E-state index contributed by atoms with van der Waals surface area (Å²) < 4.78 is 0. The van der Waals surface area contributed by atoms with E-state index < -0.39 is 0 Å². The van der Waals surface area contributed by atoms with E-state index in [1.807, 2.05) is 30.3 Å². The highest BCUT2D eigenvalue weighted by Crippen LogP contribution is 1.98. The Morgan fingerprint density at radius 2 is 1.62 bits per heavy atom. The van der Waals surface area contributed by atoms with Gasteiger partial charge < -0.3 is 5.11 Å². The van der Waals surface area contributed by atoms with Gasteiger partial charge in [-0.3, -0.25) is 9.59 Å². The molecule has 3 nitrogen and oxygen atoms in total. The Morgan fingerprint density at radius 3 is 1.94 bits per heavy atom. The maximum absolute atomic E-state index is 10.6. The molecule has 0 saturated carbocycles. The zero-order chi connectivity index (χ0) is 12.4. The molecule has 1 N–H and O–H groups in total. The quantitative estimate of drug-likeness (QED) is 0.844. The molecule has 1 aromatic rings. The van der Waals surface area contributed by atoms with Gasteiger partial charge in [-0.15, -0.1) is 0 Å². The lowest BCUT2D eigenvalue weighted by Crippen LogP contribution is -1.94. The van der Waals surface area contributed by atoms with Gasteiger partial charge in [-0.25, -0.2) is 0 Å². The third-order valence-electron chi connectivity index (χ3n) is 1.76. The van der Waals surface area contributed by atoms with E-state index >= 15 is 0 Å². The van der Waals surface area contributed by atoms with Gasteiger partial charge in [0.1, 0.15) is 11.6 Å². The topological polar surface area (TPSA) is 54.4 Å². The molecule has 0 fully saturated rings. The Morgan fingerprint density at radius 1 is 1.06 bits per heavy atom. The van der Waals surface area contributed by atoms with E-state index in [1.54, 1.807) is 6.92 Å². The van der Waals surface area contributed by atoms with Crippen LogP contribution in [0.5, 0.6) is 0 Å². The molecule has 0 unspecified atom stereocenters. The maximum Gasteiger partial charge on any atom is 0.134 e. The highest BCUT2D eigenvalue weighted by atomic mass is 16.3. The summed E-state index contributed by atoms with van der Waals surface area (Å²) in [7, 11) is 0. The number of aliphatic hydroxyl groups excluding tert-OH is 1. The number of Topliss-reactive ketones (excluding diaryl/α,β-unsaturated/α-hetero) is 2. The van der Waals surface area contributed by atoms with Gasteiger partial charge >= 0.3 is 0 Å². The van der Waals surface area contributed by atoms with Crippen molar-refractivity contribution in [1.29, 1.82) is 0 Å². The highest BCUT2D eigenvalue weighted by Gasteiger charge is 1.93. The first-order chi connectivity index (χ1) is 7.56. The molecule has 0 aromatic heterocycles. The first kappa shape index (κ1) is 14.5. The molecule has 0 aliphatic heterocycles. The van der Waals surface area contributed by atoms with Crippen LogP contribution < -0.4 is 0 Å². The average Bonchev–Trinajstić information content (AvgIpc) is 2.18. The summed E-state index contributed by atoms with van der Waals surface area (Å²) in [5.41, 5.74) is 1.09. The third-order valence-corrected chi connectivity index (χ3v) is 1.76. The number of aliphatic hydroxyl groups is 1. The summed E-state index contributed by atoms with van der Waals surface area (Å²) in [5, 5.41) is 8.02. The van der Waals surface area contributed by atoms with E-state index in [0.29, 0.717) is 12.8 Å². The lowest BCUT2D eigenvalue weighted by atomic mass is 10.1. The molecule has 0 radical (unpaired) electrons. The average molecular weight is 222 g/mol. The lowest BCUT2D eigenvalue weighted by molar-refractivity contribution is -0.118. The van der Waals surface area contributed by atoms with Crippen LogP contribution in [0.1, 0.15) is 25.8 Å². The van der Waals surface area contributed by atoms with Gasteiger partial charge in [0.05, 0.1) is 0 Å². The Bertz CT molecular complexity index is 317. The van der Waals surface area contributed by atoms with E-state index in [4.69, 9.17) is 5.11 Å². The summed E-state index contributed by atoms with van der Waals surface area (Å²) in [6.07, 6.45) is 0.848. The van der Waals surface area contributed by atoms with Crippen LogP contribution in [-0.2, 0) is 16.0 Å². The van der Waals surface area contributed by atoms with Crippen LogP contribution >= 0.6 is 0 Å². The molecule has 0 heterocycles. The number of carbonyl (C=O) groups excluding carboxylic acids is 2. The smallest absolute Gasteiger partial charge is 0.134 e. The van der Waals surface area contributed by atoms with Crippen molar-refractivity contribution in [3.63, 3.8) is 0 Å². The number of rotatable bonds is 4. The van der Waals surface area contributed by atoms with Crippen molar-refractivity contribution in [2.45, 2.75) is 26.7 Å². The molecule has 16 heavy (non-hydrogen) atoms. The van der Waals surface area contributed by atoms with E-state index in [2.05, 4.69) is 0 Å². The second-order valence-corrected chi connectivity index (χ2v) is 3.54. The second-order valence-electron chi connectivity index (χ2n) is 3.54. The van der Waals surface area contributed by atoms with Crippen molar-refractivity contribution in [3.05, 3.63) is 35.9 Å². The minimum absolute atomic E-state index is 0.0185. The van der Waals surface area contributed by atoms with Crippen molar-refractivity contribution >= 4 is 11.6 Å². The molecule has 0 aliphatic carbocycles. The molecule has 3 heteroatoms. The Kier molecular flexibility index (Phi) is 7.98. The molecule has 1 aromatic carbocycles. The van der Waals surface area contributed by atoms with Crippen LogP contribution in [0.2, 0.25) is 0 Å². The van der Waals surface area contributed by atoms with Gasteiger partial charge in [-0.1, -0.05) is 30.3 Å². The largest absolute Gasteiger partial charge is 0.396 e. The summed E-state index contributed by atoms with van der Waals surface area (Å²) >= 11 is 0. The minimum atomic E-state index is -0.0185. The molecular formula is C13H18O3. The molecule has 1 rings (SSSR count). The molecule has 0 amide bonds. The predicted octanol–water partition coefficient (Wildman–Crippen LogP) is 1.78. The first-order valence-corrected chi connectivity index (χ1v) is 5.20. The van der Waals surface area contributed by atoms with Crippen molar-refractivity contribution in [2.75, 3.05) is 6.61 Å². The molecule has 88 valence electrons. The molecule has 0 saturated heterocycles. The van der Waals surface area contributed by atoms with Crippen LogP contribution in [0.25, 0.3) is 0 Å². The normalized spacial score (nSPS) is 8.94. The fourth-order valence-electron chi connectivity index (χ4n) is 1.04. The molecule has 0 atom stereocenters. The van der Waals surface area contributed by atoms with Crippen LogP contribution in [0.15, 0.2) is 30.3 Å². The summed E-state index contributed by atoms with van der Waals surface area (Å²) in [6.45, 7) is 3.04. The summed E-state index contributed by atoms with van der Waals surface area (Å²) in [4.78, 5) is 20.5. The van der Waals surface area contributed by atoms with Gasteiger partial charge in [-0.05, 0) is 19.4 Å². The number of hydrogen-bond donors (Lipinski definition) is 1. The Balaban J connectivity index is 0.000000325. The number of benzene rings is 1.